The van der Waals surface area contributed by atoms with Gasteiger partial charge < -0.3 is 4.74 Å². The molecule has 100 valence electrons. The van der Waals surface area contributed by atoms with E-state index in [-0.39, 0.29) is 11.2 Å². The zero-order chi connectivity index (χ0) is 13.7. The number of ketones is 1. The van der Waals surface area contributed by atoms with Gasteiger partial charge in [-0.05, 0) is 51.2 Å². The molecule has 2 heteroatoms. The van der Waals surface area contributed by atoms with Crippen molar-refractivity contribution < 1.29 is 9.53 Å². The minimum Gasteiger partial charge on any atom is -0.482 e. The molecule has 2 heterocycles. The number of hydrogen-bond donors (Lipinski definition) is 0. The van der Waals surface area contributed by atoms with Gasteiger partial charge in [0, 0.05) is 11.0 Å². The lowest BCUT2D eigenvalue weighted by atomic mass is 9.63. The number of allylic oxidation sites excluding steroid dienone is 2. The first-order valence-corrected chi connectivity index (χ1v) is 6.82. The molecular weight excluding hydrogens is 224 g/mol. The Labute approximate surface area is 110 Å². The molecule has 1 unspecified atom stereocenters. The van der Waals surface area contributed by atoms with Crippen LogP contribution >= 0.6 is 0 Å². The van der Waals surface area contributed by atoms with Crippen molar-refractivity contribution in [2.45, 2.75) is 60.0 Å². The normalized spacial score (nSPS) is 38.6. The second-order valence-corrected chi connectivity index (χ2v) is 6.56. The van der Waals surface area contributed by atoms with Crippen LogP contribution in [0.1, 0.15) is 54.4 Å². The zero-order valence-corrected chi connectivity index (χ0v) is 12.4. The van der Waals surface area contributed by atoms with Crippen LogP contribution in [-0.4, -0.2) is 11.4 Å². The number of rotatable bonds is 1. The first kappa shape index (κ1) is 13.4. The minimum absolute atomic E-state index is 0.0487. The van der Waals surface area contributed by atoms with Crippen LogP contribution in [0.4, 0.5) is 0 Å². The number of fused-ring (bicyclic) bond motifs is 2. The fourth-order valence-corrected chi connectivity index (χ4v) is 3.09. The summed E-state index contributed by atoms with van der Waals surface area (Å²) in [7, 11) is 0. The average Bonchev–Trinajstić information content (AvgIpc) is 2.65. The summed E-state index contributed by atoms with van der Waals surface area (Å²) in [6, 6.07) is 0. The summed E-state index contributed by atoms with van der Waals surface area (Å²) < 4.78 is 6.23. The molecule has 0 N–H and O–H groups in total. The third-order valence-corrected chi connectivity index (χ3v) is 5.32. The molecule has 0 saturated heterocycles. The standard InChI is InChI=1S/C16H24O2/c1-10-7-8-11(2)15(4,5)16(6)13(12(3)17)9-14(10)18-16/h9,11H,7-8H2,1-6H3/b14-10-/t11?,16-/m1/s1. The molecule has 0 aromatic rings. The van der Waals surface area contributed by atoms with Crippen molar-refractivity contribution in [2.24, 2.45) is 11.3 Å². The predicted octanol–water partition coefficient (Wildman–Crippen LogP) is 4.02. The van der Waals surface area contributed by atoms with E-state index in [2.05, 4.69) is 34.6 Å². The number of ether oxygens (including phenoxy) is 1. The maximum Gasteiger partial charge on any atom is 0.159 e. The third-order valence-electron chi connectivity index (χ3n) is 5.32. The molecule has 0 spiro atoms. The van der Waals surface area contributed by atoms with Crippen molar-refractivity contribution >= 4 is 5.78 Å². The number of carbonyl (C=O) groups excluding carboxylic acids is 1. The van der Waals surface area contributed by atoms with Gasteiger partial charge in [-0.3, -0.25) is 4.79 Å². The Balaban J connectivity index is 2.63. The zero-order valence-electron chi connectivity index (χ0n) is 12.4. The Morgan fingerprint density at radius 1 is 1.39 bits per heavy atom. The fourth-order valence-electron chi connectivity index (χ4n) is 3.09. The molecule has 2 nitrogen and oxygen atoms in total. The van der Waals surface area contributed by atoms with Crippen LogP contribution in [0.3, 0.4) is 0 Å². The minimum atomic E-state index is -0.491. The van der Waals surface area contributed by atoms with Crippen LogP contribution in [-0.2, 0) is 9.53 Å². The molecule has 18 heavy (non-hydrogen) atoms. The third kappa shape index (κ3) is 1.65. The van der Waals surface area contributed by atoms with E-state index in [1.165, 1.54) is 5.57 Å². The van der Waals surface area contributed by atoms with Gasteiger partial charge in [0.15, 0.2) is 5.78 Å². The van der Waals surface area contributed by atoms with E-state index in [9.17, 15) is 4.79 Å². The molecule has 0 aliphatic carbocycles. The quantitative estimate of drug-likeness (QED) is 0.700. The lowest BCUT2D eigenvalue weighted by molar-refractivity contribution is -0.119. The first-order valence-electron chi connectivity index (χ1n) is 6.82. The van der Waals surface area contributed by atoms with Gasteiger partial charge in [0.2, 0.25) is 0 Å². The molecular formula is C16H24O2. The highest BCUT2D eigenvalue weighted by atomic mass is 16.5. The Morgan fingerprint density at radius 3 is 2.56 bits per heavy atom. The lowest BCUT2D eigenvalue weighted by Gasteiger charge is -2.47. The van der Waals surface area contributed by atoms with Gasteiger partial charge in [-0.25, -0.2) is 0 Å². The Kier molecular flexibility index (Phi) is 2.95. The smallest absolute Gasteiger partial charge is 0.159 e. The number of Topliss-reactive ketones (excluding diaryl/α,β-unsaturated/α-hetero) is 1. The lowest BCUT2D eigenvalue weighted by Crippen LogP contribution is -2.49. The second kappa shape index (κ2) is 3.97. The average molecular weight is 248 g/mol. The maximum atomic E-state index is 11.9. The Morgan fingerprint density at radius 2 is 2.00 bits per heavy atom. The van der Waals surface area contributed by atoms with E-state index in [1.54, 1.807) is 6.92 Å². The molecule has 0 aromatic carbocycles. The second-order valence-electron chi connectivity index (χ2n) is 6.56. The summed E-state index contributed by atoms with van der Waals surface area (Å²) in [5.74, 6) is 1.56. The van der Waals surface area contributed by atoms with Gasteiger partial charge in [0.25, 0.3) is 0 Å². The highest BCUT2D eigenvalue weighted by molar-refractivity contribution is 5.96. The van der Waals surface area contributed by atoms with E-state index in [4.69, 9.17) is 4.74 Å². The molecule has 0 fully saturated rings. The number of carbonyl (C=O) groups is 1. The summed E-state index contributed by atoms with van der Waals surface area (Å²) in [6.07, 6.45) is 4.18. The highest BCUT2D eigenvalue weighted by Crippen LogP contribution is 2.53. The van der Waals surface area contributed by atoms with Gasteiger partial charge in [-0.1, -0.05) is 20.8 Å². The van der Waals surface area contributed by atoms with Crippen molar-refractivity contribution in [1.82, 2.24) is 0 Å². The van der Waals surface area contributed by atoms with Crippen molar-refractivity contribution in [3.63, 3.8) is 0 Å². The van der Waals surface area contributed by atoms with E-state index in [0.29, 0.717) is 5.92 Å². The van der Waals surface area contributed by atoms with Gasteiger partial charge in [0.05, 0.1) is 0 Å². The molecule has 2 aliphatic rings. The van der Waals surface area contributed by atoms with Crippen LogP contribution < -0.4 is 0 Å². The molecule has 2 aliphatic heterocycles. The van der Waals surface area contributed by atoms with Crippen molar-refractivity contribution in [3.05, 3.63) is 23.0 Å². The van der Waals surface area contributed by atoms with Crippen LogP contribution in [0.15, 0.2) is 23.0 Å². The van der Waals surface area contributed by atoms with Crippen molar-refractivity contribution in [1.29, 1.82) is 0 Å². The summed E-state index contributed by atoms with van der Waals surface area (Å²) in [6.45, 7) is 12.5. The molecule has 2 bridgehead atoms. The number of hydrogen-bond acceptors (Lipinski definition) is 2. The van der Waals surface area contributed by atoms with Gasteiger partial charge in [-0.15, -0.1) is 0 Å². The summed E-state index contributed by atoms with van der Waals surface area (Å²) in [4.78, 5) is 11.9. The first-order chi connectivity index (χ1) is 8.20. The van der Waals surface area contributed by atoms with E-state index < -0.39 is 5.60 Å². The topological polar surface area (TPSA) is 26.3 Å². The predicted molar refractivity (Wildman–Crippen MR) is 73.1 cm³/mol. The maximum absolute atomic E-state index is 11.9. The summed E-state index contributed by atoms with van der Waals surface area (Å²) in [5, 5.41) is 0. The fraction of sp³-hybridized carbons (Fsp3) is 0.688. The van der Waals surface area contributed by atoms with Gasteiger partial charge in [0.1, 0.15) is 11.4 Å². The van der Waals surface area contributed by atoms with Crippen molar-refractivity contribution in [3.8, 4) is 0 Å². The monoisotopic (exact) mass is 248 g/mol. The molecule has 0 radical (unpaired) electrons. The Bertz CT molecular complexity index is 454. The summed E-state index contributed by atoms with van der Waals surface area (Å²) >= 11 is 0. The summed E-state index contributed by atoms with van der Waals surface area (Å²) in [5.41, 5.74) is 1.55. The van der Waals surface area contributed by atoms with Crippen LogP contribution in [0.5, 0.6) is 0 Å². The molecule has 2 rings (SSSR count). The largest absolute Gasteiger partial charge is 0.482 e. The van der Waals surface area contributed by atoms with Crippen LogP contribution in [0.2, 0.25) is 0 Å². The highest BCUT2D eigenvalue weighted by Gasteiger charge is 2.53. The van der Waals surface area contributed by atoms with Crippen LogP contribution in [0, 0.1) is 11.3 Å². The molecule has 2 atom stereocenters. The van der Waals surface area contributed by atoms with Crippen molar-refractivity contribution in [2.75, 3.05) is 0 Å². The SMILES string of the molecule is CC(=O)C1=C/C2=C(\C)CCC(C)C(C)(C)[C@]1(C)O2. The molecule has 0 saturated carbocycles. The van der Waals surface area contributed by atoms with E-state index >= 15 is 0 Å². The van der Waals surface area contributed by atoms with Gasteiger partial charge in [-0.2, -0.15) is 0 Å². The van der Waals surface area contributed by atoms with E-state index in [1.807, 2.05) is 6.08 Å². The van der Waals surface area contributed by atoms with E-state index in [0.717, 1.165) is 24.2 Å². The Hall–Kier alpha value is -1.05. The molecule has 0 amide bonds. The van der Waals surface area contributed by atoms with Gasteiger partial charge >= 0.3 is 0 Å². The molecule has 0 aromatic heterocycles. The van der Waals surface area contributed by atoms with Crippen LogP contribution in [0.25, 0.3) is 0 Å².